The molecule has 0 radical (unpaired) electrons. The average molecular weight is 346 g/mol. The fourth-order valence-electron chi connectivity index (χ4n) is 2.42. The molecule has 24 heavy (non-hydrogen) atoms. The van der Waals surface area contributed by atoms with Crippen molar-refractivity contribution in [1.82, 2.24) is 10.6 Å². The van der Waals surface area contributed by atoms with Crippen molar-refractivity contribution in [2.45, 2.75) is 19.6 Å². The van der Waals surface area contributed by atoms with Crippen molar-refractivity contribution in [1.29, 1.82) is 0 Å². The molecular weight excluding hydrogens is 322 g/mol. The third-order valence-corrected chi connectivity index (χ3v) is 4.00. The molecule has 0 atom stereocenters. The highest BCUT2D eigenvalue weighted by Gasteiger charge is 2.02. The Morgan fingerprint density at radius 3 is 2.62 bits per heavy atom. The van der Waals surface area contributed by atoms with E-state index >= 15 is 0 Å². The lowest BCUT2D eigenvalue weighted by atomic mass is 10.1. The number of nitrogens with zero attached hydrogens (tertiary/aromatic N) is 1. The second kappa shape index (κ2) is 9.96. The van der Waals surface area contributed by atoms with Gasteiger partial charge in [0.2, 0.25) is 0 Å². The fraction of sp³-hybridized carbons (Fsp3) is 0.316. The Kier molecular flexibility index (Phi) is 7.59. The molecule has 2 N–H and O–H groups in total. The first-order chi connectivity index (χ1) is 11.7. The van der Waals surface area contributed by atoms with E-state index in [1.54, 1.807) is 14.2 Å². The molecule has 0 aromatic heterocycles. The zero-order valence-electron chi connectivity index (χ0n) is 14.2. The van der Waals surface area contributed by atoms with E-state index in [0.29, 0.717) is 13.2 Å². The first-order valence-corrected chi connectivity index (χ1v) is 8.35. The molecule has 5 heteroatoms. The summed E-state index contributed by atoms with van der Waals surface area (Å²) in [6, 6.07) is 16.2. The van der Waals surface area contributed by atoms with Crippen LogP contribution >= 0.6 is 11.6 Å². The van der Waals surface area contributed by atoms with Crippen LogP contribution in [-0.2, 0) is 24.3 Å². The Hall–Kier alpha value is -2.04. The van der Waals surface area contributed by atoms with Crippen molar-refractivity contribution in [2.24, 2.45) is 4.99 Å². The normalized spacial score (nSPS) is 11.4. The summed E-state index contributed by atoms with van der Waals surface area (Å²) in [5, 5.41) is 7.43. The van der Waals surface area contributed by atoms with E-state index in [-0.39, 0.29) is 0 Å². The molecule has 0 bridgehead atoms. The number of rotatable bonds is 7. The van der Waals surface area contributed by atoms with Gasteiger partial charge in [-0.25, -0.2) is 0 Å². The second-order valence-electron chi connectivity index (χ2n) is 5.45. The SMILES string of the molecule is CN=C(NCCc1ccccc1Cl)NCc1cccc(COC)c1. The molecular formula is C19H24ClN3O. The number of ether oxygens (including phenoxy) is 1. The summed E-state index contributed by atoms with van der Waals surface area (Å²) in [4.78, 5) is 4.25. The molecule has 0 saturated carbocycles. The zero-order chi connectivity index (χ0) is 17.2. The molecule has 0 amide bonds. The minimum atomic E-state index is 0.624. The largest absolute Gasteiger partial charge is 0.380 e. The number of nitrogens with one attached hydrogen (secondary N) is 2. The van der Waals surface area contributed by atoms with E-state index in [2.05, 4.69) is 33.8 Å². The number of methoxy groups -OCH3 is 1. The van der Waals surface area contributed by atoms with E-state index in [4.69, 9.17) is 16.3 Å². The standard InChI is InChI=1S/C19H24ClN3O/c1-21-19(22-11-10-17-8-3-4-9-18(17)20)23-13-15-6-5-7-16(12-15)14-24-2/h3-9,12H,10-11,13-14H2,1-2H3,(H2,21,22,23). The smallest absolute Gasteiger partial charge is 0.191 e. The summed E-state index contributed by atoms with van der Waals surface area (Å²) in [7, 11) is 3.47. The van der Waals surface area contributed by atoms with Crippen LogP contribution in [0.5, 0.6) is 0 Å². The van der Waals surface area contributed by atoms with Crippen molar-refractivity contribution in [3.63, 3.8) is 0 Å². The Labute approximate surface area is 148 Å². The number of guanidine groups is 1. The van der Waals surface area contributed by atoms with Gasteiger partial charge in [-0.15, -0.1) is 0 Å². The maximum absolute atomic E-state index is 6.17. The van der Waals surface area contributed by atoms with Crippen molar-refractivity contribution < 1.29 is 4.74 Å². The number of aliphatic imine (C=N–C) groups is 1. The molecule has 0 heterocycles. The van der Waals surface area contributed by atoms with Crippen LogP contribution in [0.3, 0.4) is 0 Å². The lowest BCUT2D eigenvalue weighted by molar-refractivity contribution is 0.185. The van der Waals surface area contributed by atoms with E-state index in [0.717, 1.165) is 29.5 Å². The molecule has 0 saturated heterocycles. The number of hydrogen-bond donors (Lipinski definition) is 2. The van der Waals surface area contributed by atoms with E-state index in [1.807, 2.05) is 30.3 Å². The highest BCUT2D eigenvalue weighted by Crippen LogP contribution is 2.14. The zero-order valence-corrected chi connectivity index (χ0v) is 14.9. The second-order valence-corrected chi connectivity index (χ2v) is 5.85. The maximum atomic E-state index is 6.17. The Bertz CT molecular complexity index is 673. The molecule has 4 nitrogen and oxygen atoms in total. The molecule has 0 unspecified atom stereocenters. The summed E-state index contributed by atoms with van der Waals surface area (Å²) in [6.07, 6.45) is 0.851. The van der Waals surface area contributed by atoms with Gasteiger partial charge < -0.3 is 15.4 Å². The van der Waals surface area contributed by atoms with Gasteiger partial charge in [-0.3, -0.25) is 4.99 Å². The van der Waals surface area contributed by atoms with Crippen LogP contribution in [0.2, 0.25) is 5.02 Å². The van der Waals surface area contributed by atoms with E-state index in [1.165, 1.54) is 11.1 Å². The van der Waals surface area contributed by atoms with Crippen molar-refractivity contribution in [2.75, 3.05) is 20.7 Å². The first-order valence-electron chi connectivity index (χ1n) is 7.97. The first kappa shape index (κ1) is 18.3. The van der Waals surface area contributed by atoms with Gasteiger partial charge in [0.25, 0.3) is 0 Å². The predicted octanol–water partition coefficient (Wildman–Crippen LogP) is 3.39. The average Bonchev–Trinajstić information content (AvgIpc) is 2.60. The van der Waals surface area contributed by atoms with Gasteiger partial charge >= 0.3 is 0 Å². The lowest BCUT2D eigenvalue weighted by Crippen LogP contribution is -2.37. The third kappa shape index (κ3) is 5.87. The van der Waals surface area contributed by atoms with Gasteiger partial charge in [-0.05, 0) is 29.2 Å². The van der Waals surface area contributed by atoms with Crippen molar-refractivity contribution in [3.05, 3.63) is 70.2 Å². The molecule has 2 aromatic carbocycles. The van der Waals surface area contributed by atoms with Gasteiger partial charge in [-0.1, -0.05) is 54.1 Å². The number of halogens is 1. The summed E-state index contributed by atoms with van der Waals surface area (Å²) in [6.45, 7) is 2.11. The van der Waals surface area contributed by atoms with Crippen molar-refractivity contribution >= 4 is 17.6 Å². The summed E-state index contributed by atoms with van der Waals surface area (Å²) < 4.78 is 5.17. The molecule has 0 aliphatic carbocycles. The van der Waals surface area contributed by atoms with Crippen LogP contribution in [0.1, 0.15) is 16.7 Å². The predicted molar refractivity (Wildman–Crippen MR) is 101 cm³/mol. The van der Waals surface area contributed by atoms with Gasteiger partial charge in [-0.2, -0.15) is 0 Å². The van der Waals surface area contributed by atoms with Gasteiger partial charge in [0.15, 0.2) is 5.96 Å². The topological polar surface area (TPSA) is 45.7 Å². The Morgan fingerprint density at radius 2 is 1.88 bits per heavy atom. The fourth-order valence-corrected chi connectivity index (χ4v) is 2.65. The van der Waals surface area contributed by atoms with Crippen molar-refractivity contribution in [3.8, 4) is 0 Å². The number of benzene rings is 2. The molecule has 0 spiro atoms. The molecule has 2 rings (SSSR count). The Balaban J connectivity index is 1.80. The quantitative estimate of drug-likeness (QED) is 0.597. The van der Waals surface area contributed by atoms with Crippen LogP contribution in [-0.4, -0.2) is 26.7 Å². The van der Waals surface area contributed by atoms with Gasteiger partial charge in [0.1, 0.15) is 0 Å². The highest BCUT2D eigenvalue weighted by molar-refractivity contribution is 6.31. The highest BCUT2D eigenvalue weighted by atomic mass is 35.5. The van der Waals surface area contributed by atoms with Gasteiger partial charge in [0.05, 0.1) is 6.61 Å². The van der Waals surface area contributed by atoms with Gasteiger partial charge in [0, 0.05) is 32.3 Å². The van der Waals surface area contributed by atoms with E-state index in [9.17, 15) is 0 Å². The summed E-state index contributed by atoms with van der Waals surface area (Å²) >= 11 is 6.17. The minimum Gasteiger partial charge on any atom is -0.380 e. The van der Waals surface area contributed by atoms with Crippen LogP contribution in [0.25, 0.3) is 0 Å². The van der Waals surface area contributed by atoms with Crippen LogP contribution in [0, 0.1) is 0 Å². The molecule has 128 valence electrons. The molecule has 2 aromatic rings. The Morgan fingerprint density at radius 1 is 1.08 bits per heavy atom. The van der Waals surface area contributed by atoms with E-state index < -0.39 is 0 Å². The molecule has 0 fully saturated rings. The lowest BCUT2D eigenvalue weighted by Gasteiger charge is -2.13. The third-order valence-electron chi connectivity index (χ3n) is 3.63. The monoisotopic (exact) mass is 345 g/mol. The van der Waals surface area contributed by atoms with Crippen LogP contribution in [0.4, 0.5) is 0 Å². The number of hydrogen-bond acceptors (Lipinski definition) is 2. The maximum Gasteiger partial charge on any atom is 0.191 e. The summed E-state index contributed by atoms with van der Waals surface area (Å²) in [5.41, 5.74) is 3.49. The molecule has 0 aliphatic rings. The van der Waals surface area contributed by atoms with Crippen LogP contribution < -0.4 is 10.6 Å². The summed E-state index contributed by atoms with van der Waals surface area (Å²) in [5.74, 6) is 0.777. The molecule has 0 aliphatic heterocycles. The van der Waals surface area contributed by atoms with Crippen LogP contribution in [0.15, 0.2) is 53.5 Å². The minimum absolute atomic E-state index is 0.624.